The van der Waals surface area contributed by atoms with E-state index in [4.69, 9.17) is 4.42 Å². The molecule has 5 aromatic rings. The minimum Gasteiger partial charge on any atom is -0.437 e. The van der Waals surface area contributed by atoms with Gasteiger partial charge in [-0.1, -0.05) is 30.3 Å². The van der Waals surface area contributed by atoms with Crippen LogP contribution < -0.4 is 0 Å². The summed E-state index contributed by atoms with van der Waals surface area (Å²) in [4.78, 5) is 4.49. The molecule has 2 aromatic heterocycles. The van der Waals surface area contributed by atoms with Crippen molar-refractivity contribution in [2.24, 2.45) is 0 Å². The van der Waals surface area contributed by atoms with E-state index in [0.29, 0.717) is 0 Å². The molecular formula is C19H11IrN2O-. The minimum atomic E-state index is 0. The first-order valence-electron chi connectivity index (χ1n) is 7.16. The maximum Gasteiger partial charge on any atom is 0.215 e. The first-order valence-corrected chi connectivity index (χ1v) is 7.16. The van der Waals surface area contributed by atoms with Crippen molar-refractivity contribution in [3.8, 4) is 11.4 Å². The van der Waals surface area contributed by atoms with Crippen molar-refractivity contribution in [2.75, 3.05) is 0 Å². The van der Waals surface area contributed by atoms with Gasteiger partial charge in [-0.05, 0) is 11.5 Å². The van der Waals surface area contributed by atoms with Crippen LogP contribution >= 0.6 is 0 Å². The van der Waals surface area contributed by atoms with E-state index in [1.807, 2.05) is 40.8 Å². The summed E-state index contributed by atoms with van der Waals surface area (Å²) in [7, 11) is 0. The monoisotopic (exact) mass is 476 g/mol. The van der Waals surface area contributed by atoms with E-state index in [-0.39, 0.29) is 20.1 Å². The molecule has 0 aliphatic rings. The van der Waals surface area contributed by atoms with E-state index in [1.54, 1.807) is 6.20 Å². The third-order valence-corrected chi connectivity index (χ3v) is 3.99. The minimum absolute atomic E-state index is 0. The van der Waals surface area contributed by atoms with Gasteiger partial charge in [0.1, 0.15) is 0 Å². The molecule has 0 saturated carbocycles. The SMILES string of the molecule is [Ir].[c-]1ccccc1-c1ncc2oc3c4ccccc4ccc3n12. The summed E-state index contributed by atoms with van der Waals surface area (Å²) in [6.07, 6.45) is 1.77. The van der Waals surface area contributed by atoms with Gasteiger partial charge in [-0.3, -0.25) is 4.98 Å². The van der Waals surface area contributed by atoms with Crippen LogP contribution in [0, 0.1) is 6.07 Å². The predicted octanol–water partition coefficient (Wildman–Crippen LogP) is 4.70. The number of oxazole rings is 1. The Labute approximate surface area is 145 Å². The number of hydrogen-bond donors (Lipinski definition) is 0. The molecule has 3 nitrogen and oxygen atoms in total. The van der Waals surface area contributed by atoms with Crippen LogP contribution in [-0.4, -0.2) is 9.38 Å². The fourth-order valence-electron chi connectivity index (χ4n) is 2.98. The number of rotatable bonds is 1. The molecule has 1 radical (unpaired) electrons. The van der Waals surface area contributed by atoms with Crippen LogP contribution in [0.3, 0.4) is 0 Å². The largest absolute Gasteiger partial charge is 0.437 e. The molecule has 0 aliphatic heterocycles. The molecule has 0 amide bonds. The Morgan fingerprint density at radius 3 is 2.70 bits per heavy atom. The third kappa shape index (κ3) is 2.03. The Kier molecular flexibility index (Phi) is 3.29. The summed E-state index contributed by atoms with van der Waals surface area (Å²) in [5.41, 5.74) is 3.63. The van der Waals surface area contributed by atoms with Crippen molar-refractivity contribution in [1.29, 1.82) is 0 Å². The molecule has 3 aromatic carbocycles. The average molecular weight is 476 g/mol. The van der Waals surface area contributed by atoms with Gasteiger partial charge in [0.15, 0.2) is 5.58 Å². The van der Waals surface area contributed by atoms with Crippen molar-refractivity contribution in [1.82, 2.24) is 9.38 Å². The smallest absolute Gasteiger partial charge is 0.215 e. The van der Waals surface area contributed by atoms with Crippen molar-refractivity contribution in [3.63, 3.8) is 0 Å². The molecule has 2 heterocycles. The van der Waals surface area contributed by atoms with Gasteiger partial charge in [0.25, 0.3) is 0 Å². The zero-order chi connectivity index (χ0) is 14.5. The predicted molar refractivity (Wildman–Crippen MR) is 86.7 cm³/mol. The summed E-state index contributed by atoms with van der Waals surface area (Å²) in [5.74, 6) is 0.852. The van der Waals surface area contributed by atoms with Gasteiger partial charge >= 0.3 is 0 Å². The van der Waals surface area contributed by atoms with Crippen molar-refractivity contribution < 1.29 is 24.5 Å². The molecule has 4 heteroatoms. The summed E-state index contributed by atoms with van der Waals surface area (Å²) < 4.78 is 8.10. The number of aromatic nitrogens is 2. The first kappa shape index (κ1) is 14.2. The fraction of sp³-hybridized carbons (Fsp3) is 0. The number of imidazole rings is 1. The van der Waals surface area contributed by atoms with Crippen LogP contribution in [-0.2, 0) is 20.1 Å². The number of fused-ring (bicyclic) bond motifs is 5. The Morgan fingerprint density at radius 1 is 0.957 bits per heavy atom. The van der Waals surface area contributed by atoms with Gasteiger partial charge in [0, 0.05) is 25.5 Å². The first-order chi connectivity index (χ1) is 10.9. The second-order valence-corrected chi connectivity index (χ2v) is 5.27. The van der Waals surface area contributed by atoms with Gasteiger partial charge < -0.3 is 8.82 Å². The normalized spacial score (nSPS) is 11.1. The third-order valence-electron chi connectivity index (χ3n) is 3.99. The Hall–Kier alpha value is -2.42. The van der Waals surface area contributed by atoms with Crippen LogP contribution in [0.15, 0.2) is 71.3 Å². The van der Waals surface area contributed by atoms with Gasteiger partial charge in [0.2, 0.25) is 5.71 Å². The molecular weight excluding hydrogens is 464 g/mol. The summed E-state index contributed by atoms with van der Waals surface area (Å²) in [6.45, 7) is 0. The molecule has 0 fully saturated rings. The fourth-order valence-corrected chi connectivity index (χ4v) is 2.98. The van der Waals surface area contributed by atoms with E-state index in [9.17, 15) is 0 Å². The standard InChI is InChI=1S/C19H11N2O.Ir/c1-2-7-14(8-3-1)19-20-12-17-21(19)16-11-10-13-6-4-5-9-15(13)18(16)22-17;/h1-7,9-12H;/q-1;. The van der Waals surface area contributed by atoms with E-state index >= 15 is 0 Å². The molecule has 0 unspecified atom stereocenters. The van der Waals surface area contributed by atoms with Crippen LogP contribution in [0.1, 0.15) is 0 Å². The molecule has 0 spiro atoms. The summed E-state index contributed by atoms with van der Waals surface area (Å²) in [5, 5.41) is 2.29. The van der Waals surface area contributed by atoms with Gasteiger partial charge in [-0.15, -0.1) is 35.9 Å². The Bertz CT molecular complexity index is 1130. The van der Waals surface area contributed by atoms with Crippen molar-refractivity contribution >= 4 is 27.6 Å². The molecule has 113 valence electrons. The quantitative estimate of drug-likeness (QED) is 0.329. The van der Waals surface area contributed by atoms with Gasteiger partial charge in [-0.25, -0.2) is 0 Å². The van der Waals surface area contributed by atoms with Crippen LogP contribution in [0.25, 0.3) is 39.0 Å². The number of nitrogens with zero attached hydrogens (tertiary/aromatic N) is 2. The topological polar surface area (TPSA) is 30.4 Å². The molecule has 0 saturated heterocycles. The maximum atomic E-state index is 6.05. The van der Waals surface area contributed by atoms with E-state index in [2.05, 4.69) is 35.3 Å². The van der Waals surface area contributed by atoms with Crippen molar-refractivity contribution in [3.05, 3.63) is 72.9 Å². The number of hydrogen-bond acceptors (Lipinski definition) is 2. The molecule has 0 N–H and O–H groups in total. The molecule has 0 aliphatic carbocycles. The zero-order valence-corrected chi connectivity index (χ0v) is 14.4. The van der Waals surface area contributed by atoms with E-state index < -0.39 is 0 Å². The summed E-state index contributed by atoms with van der Waals surface area (Å²) in [6, 6.07) is 23.5. The van der Waals surface area contributed by atoms with E-state index in [1.165, 1.54) is 5.39 Å². The average Bonchev–Trinajstić information content (AvgIpc) is 3.15. The second kappa shape index (κ2) is 5.34. The van der Waals surface area contributed by atoms with Gasteiger partial charge in [-0.2, -0.15) is 0 Å². The maximum absolute atomic E-state index is 6.05. The summed E-state index contributed by atoms with van der Waals surface area (Å²) >= 11 is 0. The van der Waals surface area contributed by atoms with Crippen molar-refractivity contribution in [2.45, 2.75) is 0 Å². The van der Waals surface area contributed by atoms with Crippen LogP contribution in [0.4, 0.5) is 0 Å². The Morgan fingerprint density at radius 2 is 1.83 bits per heavy atom. The second-order valence-electron chi connectivity index (χ2n) is 5.27. The molecule has 23 heavy (non-hydrogen) atoms. The number of benzene rings is 3. The molecule has 0 bridgehead atoms. The van der Waals surface area contributed by atoms with Crippen LogP contribution in [0.2, 0.25) is 0 Å². The van der Waals surface area contributed by atoms with Gasteiger partial charge in [0.05, 0.1) is 17.5 Å². The Balaban J connectivity index is 0.00000135. The van der Waals surface area contributed by atoms with E-state index in [0.717, 1.165) is 33.6 Å². The zero-order valence-electron chi connectivity index (χ0n) is 12.0. The van der Waals surface area contributed by atoms with Crippen LogP contribution in [0.5, 0.6) is 0 Å². The molecule has 5 rings (SSSR count). The molecule has 0 atom stereocenters.